The van der Waals surface area contributed by atoms with Gasteiger partial charge >= 0.3 is 0 Å². The number of aromatic amines is 1. The monoisotopic (exact) mass is 237 g/mol. The molecule has 0 aromatic carbocycles. The van der Waals surface area contributed by atoms with Gasteiger partial charge in [0.2, 0.25) is 11.8 Å². The molecule has 0 bridgehead atoms. The lowest BCUT2D eigenvalue weighted by Crippen LogP contribution is -2.41. The molecule has 1 aromatic heterocycles. The van der Waals surface area contributed by atoms with Crippen LogP contribution in [0.25, 0.3) is 0 Å². The maximum absolute atomic E-state index is 11.8. The second-order valence-electron chi connectivity index (χ2n) is 5.47. The molecule has 1 unspecified atom stereocenters. The van der Waals surface area contributed by atoms with Crippen molar-refractivity contribution in [2.75, 3.05) is 5.73 Å². The zero-order valence-electron chi connectivity index (χ0n) is 10.3. The van der Waals surface area contributed by atoms with Crippen LogP contribution in [0.4, 0.5) is 5.95 Å². The normalized spacial score (nSPS) is 23.3. The Balaban J connectivity index is 1.95. The van der Waals surface area contributed by atoms with Crippen molar-refractivity contribution >= 4 is 11.9 Å². The van der Waals surface area contributed by atoms with E-state index in [1.54, 1.807) is 0 Å². The smallest absolute Gasteiger partial charge is 0.288 e. The average molecular weight is 237 g/mol. The Bertz CT molecular complexity index is 412. The summed E-state index contributed by atoms with van der Waals surface area (Å²) >= 11 is 0. The van der Waals surface area contributed by atoms with Gasteiger partial charge in [0.1, 0.15) is 0 Å². The van der Waals surface area contributed by atoms with E-state index < -0.39 is 0 Å². The topological polar surface area (TPSA) is 96.7 Å². The maximum Gasteiger partial charge on any atom is 0.288 e. The molecule has 1 heterocycles. The number of amides is 1. The number of hydrogen-bond donors (Lipinski definition) is 3. The Morgan fingerprint density at radius 1 is 1.59 bits per heavy atom. The first-order valence-corrected chi connectivity index (χ1v) is 5.95. The molecule has 2 rings (SSSR count). The van der Waals surface area contributed by atoms with Crippen LogP contribution in [-0.4, -0.2) is 27.1 Å². The fraction of sp³-hybridized carbons (Fsp3) is 0.727. The Labute approximate surface area is 100 Å². The minimum atomic E-state index is -0.225. The highest BCUT2D eigenvalue weighted by molar-refractivity contribution is 5.90. The molecule has 1 aliphatic carbocycles. The first kappa shape index (κ1) is 11.9. The van der Waals surface area contributed by atoms with Gasteiger partial charge in [-0.05, 0) is 24.7 Å². The van der Waals surface area contributed by atoms with E-state index in [2.05, 4.69) is 34.3 Å². The van der Waals surface area contributed by atoms with Crippen LogP contribution in [0.2, 0.25) is 0 Å². The van der Waals surface area contributed by atoms with Gasteiger partial charge in [-0.2, -0.15) is 4.98 Å². The Morgan fingerprint density at radius 2 is 2.35 bits per heavy atom. The predicted octanol–water partition coefficient (Wildman–Crippen LogP) is 1.09. The van der Waals surface area contributed by atoms with E-state index in [0.717, 1.165) is 19.3 Å². The van der Waals surface area contributed by atoms with Crippen molar-refractivity contribution in [1.29, 1.82) is 0 Å². The van der Waals surface area contributed by atoms with Crippen molar-refractivity contribution in [3.05, 3.63) is 5.82 Å². The molecule has 1 aromatic rings. The molecule has 0 saturated heterocycles. The number of nitrogen functional groups attached to an aromatic ring is 1. The molecule has 6 nitrogen and oxygen atoms in total. The predicted molar refractivity (Wildman–Crippen MR) is 64.3 cm³/mol. The zero-order valence-corrected chi connectivity index (χ0v) is 10.3. The molecule has 0 radical (unpaired) electrons. The van der Waals surface area contributed by atoms with Crippen LogP contribution in [0.1, 0.15) is 50.1 Å². The van der Waals surface area contributed by atoms with Gasteiger partial charge in [-0.25, -0.2) is 0 Å². The standard InChI is InChI=1S/C11H19N5O/c1-11(2)5-3-4-7(6-11)13-9(17)8-14-10(12)16-15-8/h7H,3-6H2,1-2H3,(H,13,17)(H3,12,14,15,16). The van der Waals surface area contributed by atoms with Crippen LogP contribution in [0.5, 0.6) is 0 Å². The quantitative estimate of drug-likeness (QED) is 0.717. The third kappa shape index (κ3) is 2.95. The summed E-state index contributed by atoms with van der Waals surface area (Å²) in [5, 5.41) is 9.13. The summed E-state index contributed by atoms with van der Waals surface area (Å²) in [7, 11) is 0. The van der Waals surface area contributed by atoms with Gasteiger partial charge in [0.25, 0.3) is 5.91 Å². The molecule has 1 amide bonds. The molecule has 17 heavy (non-hydrogen) atoms. The molecular weight excluding hydrogens is 218 g/mol. The summed E-state index contributed by atoms with van der Waals surface area (Å²) in [5.41, 5.74) is 5.66. The number of carbonyl (C=O) groups is 1. The highest BCUT2D eigenvalue weighted by atomic mass is 16.2. The third-order valence-corrected chi connectivity index (χ3v) is 3.26. The van der Waals surface area contributed by atoms with Crippen molar-refractivity contribution in [2.24, 2.45) is 5.41 Å². The Hall–Kier alpha value is -1.59. The number of H-pyrrole nitrogens is 1. The Morgan fingerprint density at radius 3 is 2.94 bits per heavy atom. The van der Waals surface area contributed by atoms with Gasteiger partial charge in [-0.3, -0.25) is 9.89 Å². The van der Waals surface area contributed by atoms with E-state index >= 15 is 0 Å². The highest BCUT2D eigenvalue weighted by Crippen LogP contribution is 2.35. The SMILES string of the molecule is CC1(C)CCCC(NC(=O)c2nc(N)n[nH]2)C1. The number of aromatic nitrogens is 3. The first-order chi connectivity index (χ1) is 7.96. The molecule has 6 heteroatoms. The lowest BCUT2D eigenvalue weighted by atomic mass is 9.75. The van der Waals surface area contributed by atoms with Crippen molar-refractivity contribution < 1.29 is 4.79 Å². The van der Waals surface area contributed by atoms with E-state index in [-0.39, 0.29) is 23.7 Å². The van der Waals surface area contributed by atoms with E-state index in [1.807, 2.05) is 0 Å². The number of carbonyl (C=O) groups excluding carboxylic acids is 1. The molecule has 1 atom stereocenters. The molecule has 0 aliphatic heterocycles. The van der Waals surface area contributed by atoms with Crippen LogP contribution < -0.4 is 11.1 Å². The van der Waals surface area contributed by atoms with Gasteiger partial charge in [0, 0.05) is 6.04 Å². The number of nitrogens with zero attached hydrogens (tertiary/aromatic N) is 2. The van der Waals surface area contributed by atoms with Crippen molar-refractivity contribution in [3.8, 4) is 0 Å². The van der Waals surface area contributed by atoms with Crippen molar-refractivity contribution in [1.82, 2.24) is 20.5 Å². The van der Waals surface area contributed by atoms with Crippen LogP contribution in [0, 0.1) is 5.41 Å². The number of nitrogens with two attached hydrogens (primary N) is 1. The fourth-order valence-corrected chi connectivity index (χ4v) is 2.45. The van der Waals surface area contributed by atoms with Crippen LogP contribution in [0.15, 0.2) is 0 Å². The summed E-state index contributed by atoms with van der Waals surface area (Å²) < 4.78 is 0. The van der Waals surface area contributed by atoms with E-state index in [9.17, 15) is 4.79 Å². The number of rotatable bonds is 2. The van der Waals surface area contributed by atoms with Crippen LogP contribution in [0.3, 0.4) is 0 Å². The summed E-state index contributed by atoms with van der Waals surface area (Å²) in [5.74, 6) is 0.0573. The van der Waals surface area contributed by atoms with E-state index in [4.69, 9.17) is 5.73 Å². The fourth-order valence-electron chi connectivity index (χ4n) is 2.45. The summed E-state index contributed by atoms with van der Waals surface area (Å²) in [6, 6.07) is 0.220. The van der Waals surface area contributed by atoms with Crippen LogP contribution in [-0.2, 0) is 0 Å². The lowest BCUT2D eigenvalue weighted by molar-refractivity contribution is 0.0892. The van der Waals surface area contributed by atoms with Gasteiger partial charge in [0.15, 0.2) is 0 Å². The molecule has 1 saturated carbocycles. The Kier molecular flexibility index (Phi) is 3.04. The van der Waals surface area contributed by atoms with Crippen LogP contribution >= 0.6 is 0 Å². The number of hydrogen-bond acceptors (Lipinski definition) is 4. The van der Waals surface area contributed by atoms with Gasteiger partial charge < -0.3 is 11.1 Å². The van der Waals surface area contributed by atoms with Gasteiger partial charge in [-0.1, -0.05) is 20.3 Å². The minimum Gasteiger partial charge on any atom is -0.366 e. The lowest BCUT2D eigenvalue weighted by Gasteiger charge is -2.35. The molecule has 4 N–H and O–H groups in total. The molecular formula is C11H19N5O. The van der Waals surface area contributed by atoms with Gasteiger partial charge in [0.05, 0.1) is 0 Å². The highest BCUT2D eigenvalue weighted by Gasteiger charge is 2.29. The van der Waals surface area contributed by atoms with E-state index in [0.29, 0.717) is 5.41 Å². The van der Waals surface area contributed by atoms with E-state index in [1.165, 1.54) is 6.42 Å². The second-order valence-corrected chi connectivity index (χ2v) is 5.47. The third-order valence-electron chi connectivity index (χ3n) is 3.26. The summed E-state index contributed by atoms with van der Waals surface area (Å²) in [4.78, 5) is 15.6. The summed E-state index contributed by atoms with van der Waals surface area (Å²) in [6.07, 6.45) is 4.40. The first-order valence-electron chi connectivity index (χ1n) is 5.95. The van der Waals surface area contributed by atoms with Crippen molar-refractivity contribution in [2.45, 2.75) is 45.6 Å². The summed E-state index contributed by atoms with van der Waals surface area (Å²) in [6.45, 7) is 4.47. The maximum atomic E-state index is 11.8. The largest absolute Gasteiger partial charge is 0.366 e. The molecule has 94 valence electrons. The average Bonchev–Trinajstić information content (AvgIpc) is 2.63. The number of nitrogens with one attached hydrogen (secondary N) is 2. The molecule has 0 spiro atoms. The second kappa shape index (κ2) is 4.35. The number of anilines is 1. The molecule has 1 aliphatic rings. The minimum absolute atomic E-state index is 0.0964. The molecule has 1 fully saturated rings. The van der Waals surface area contributed by atoms with Crippen molar-refractivity contribution in [3.63, 3.8) is 0 Å². The zero-order chi connectivity index (χ0) is 12.5. The van der Waals surface area contributed by atoms with Gasteiger partial charge in [-0.15, -0.1) is 5.10 Å².